The lowest BCUT2D eigenvalue weighted by molar-refractivity contribution is 0.386. The Morgan fingerprint density at radius 3 is 2.39 bits per heavy atom. The van der Waals surface area contributed by atoms with Crippen molar-refractivity contribution in [1.29, 1.82) is 0 Å². The molecule has 0 saturated carbocycles. The third-order valence-electron chi connectivity index (χ3n) is 2.86. The molecule has 3 heteroatoms. The molecule has 0 N–H and O–H groups in total. The van der Waals surface area contributed by atoms with Crippen molar-refractivity contribution in [3.8, 4) is 5.75 Å². The van der Waals surface area contributed by atoms with Gasteiger partial charge in [0, 0.05) is 0 Å². The van der Waals surface area contributed by atoms with Gasteiger partial charge >= 0.3 is 0 Å². The van der Waals surface area contributed by atoms with Gasteiger partial charge in [-0.3, -0.25) is 0 Å². The molecule has 0 spiro atoms. The predicted octanol–water partition coefficient (Wildman–Crippen LogP) is 4.39. The van der Waals surface area contributed by atoms with Gasteiger partial charge in [-0.15, -0.1) is 0 Å². The van der Waals surface area contributed by atoms with Gasteiger partial charge in [-0.05, 0) is 30.5 Å². The topological polar surface area (TPSA) is 9.23 Å². The zero-order valence-corrected chi connectivity index (χ0v) is 11.1. The first-order chi connectivity index (χ1) is 8.61. The Morgan fingerprint density at radius 2 is 1.78 bits per heavy atom. The standard InChI is InChI=1S/C15H14ClFO/c1-10-3-5-11(6-4-10)9-12-7-8-13(18-2)15(17)14(12)16/h3-8H,9H2,1-2H3. The molecule has 2 aromatic carbocycles. The first-order valence-electron chi connectivity index (χ1n) is 5.68. The molecule has 1 nitrogen and oxygen atoms in total. The fourth-order valence-corrected chi connectivity index (χ4v) is 2.01. The van der Waals surface area contributed by atoms with Crippen LogP contribution in [0.25, 0.3) is 0 Å². The Morgan fingerprint density at radius 1 is 1.11 bits per heavy atom. The Bertz CT molecular complexity index is 549. The Hall–Kier alpha value is -1.54. The highest BCUT2D eigenvalue weighted by Crippen LogP contribution is 2.29. The quantitative estimate of drug-likeness (QED) is 0.799. The summed E-state index contributed by atoms with van der Waals surface area (Å²) < 4.78 is 18.7. The maximum absolute atomic E-state index is 13.8. The monoisotopic (exact) mass is 264 g/mol. The zero-order valence-electron chi connectivity index (χ0n) is 10.3. The van der Waals surface area contributed by atoms with Crippen molar-refractivity contribution in [3.05, 3.63) is 63.9 Å². The van der Waals surface area contributed by atoms with Crippen molar-refractivity contribution < 1.29 is 9.13 Å². The third-order valence-corrected chi connectivity index (χ3v) is 3.27. The molecular weight excluding hydrogens is 251 g/mol. The summed E-state index contributed by atoms with van der Waals surface area (Å²) >= 11 is 6.00. The number of ether oxygens (including phenoxy) is 1. The molecule has 0 aliphatic rings. The molecule has 18 heavy (non-hydrogen) atoms. The smallest absolute Gasteiger partial charge is 0.183 e. The van der Waals surface area contributed by atoms with E-state index >= 15 is 0 Å². The van der Waals surface area contributed by atoms with E-state index in [1.165, 1.54) is 12.7 Å². The highest BCUT2D eigenvalue weighted by molar-refractivity contribution is 6.31. The van der Waals surface area contributed by atoms with Crippen LogP contribution in [0.2, 0.25) is 5.02 Å². The van der Waals surface area contributed by atoms with Crippen molar-refractivity contribution in [1.82, 2.24) is 0 Å². The van der Waals surface area contributed by atoms with Crippen LogP contribution in [-0.4, -0.2) is 7.11 Å². The Kier molecular flexibility index (Phi) is 3.87. The molecule has 0 bridgehead atoms. The molecule has 0 aromatic heterocycles. The lowest BCUT2D eigenvalue weighted by atomic mass is 10.0. The fourth-order valence-electron chi connectivity index (χ4n) is 1.79. The minimum atomic E-state index is -0.497. The van der Waals surface area contributed by atoms with Crippen molar-refractivity contribution in [3.63, 3.8) is 0 Å². The van der Waals surface area contributed by atoms with Crippen molar-refractivity contribution >= 4 is 11.6 Å². The average molecular weight is 265 g/mol. The first kappa shape index (κ1) is 12.9. The Labute approximate surface area is 111 Å². The van der Waals surface area contributed by atoms with Crippen LogP contribution in [0.4, 0.5) is 4.39 Å². The van der Waals surface area contributed by atoms with E-state index in [-0.39, 0.29) is 10.8 Å². The number of hydrogen-bond donors (Lipinski definition) is 0. The van der Waals surface area contributed by atoms with E-state index in [2.05, 4.69) is 0 Å². The van der Waals surface area contributed by atoms with Gasteiger partial charge in [0.25, 0.3) is 0 Å². The van der Waals surface area contributed by atoms with E-state index < -0.39 is 5.82 Å². The number of rotatable bonds is 3. The molecule has 0 aliphatic carbocycles. The molecule has 2 aromatic rings. The number of aryl methyl sites for hydroxylation is 1. The Balaban J connectivity index is 2.29. The lowest BCUT2D eigenvalue weighted by Gasteiger charge is -2.09. The number of methoxy groups -OCH3 is 1. The molecular formula is C15H14ClFO. The van der Waals surface area contributed by atoms with E-state index in [4.69, 9.17) is 16.3 Å². The summed E-state index contributed by atoms with van der Waals surface area (Å²) in [5.41, 5.74) is 3.07. The average Bonchev–Trinajstić information content (AvgIpc) is 2.38. The molecule has 0 atom stereocenters. The second kappa shape index (κ2) is 5.40. The summed E-state index contributed by atoms with van der Waals surface area (Å²) in [6, 6.07) is 11.5. The fraction of sp³-hybridized carbons (Fsp3) is 0.200. The van der Waals surface area contributed by atoms with Gasteiger partial charge < -0.3 is 4.74 Å². The maximum Gasteiger partial charge on any atom is 0.183 e. The second-order valence-electron chi connectivity index (χ2n) is 4.22. The number of halogens is 2. The van der Waals surface area contributed by atoms with Gasteiger partial charge in [0.2, 0.25) is 0 Å². The van der Waals surface area contributed by atoms with Gasteiger partial charge in [0.15, 0.2) is 11.6 Å². The van der Waals surface area contributed by atoms with Crippen molar-refractivity contribution in [2.75, 3.05) is 7.11 Å². The zero-order chi connectivity index (χ0) is 13.1. The molecule has 0 unspecified atom stereocenters. The summed E-state index contributed by atoms with van der Waals surface area (Å²) in [7, 11) is 1.42. The van der Waals surface area contributed by atoms with Crippen LogP contribution in [0, 0.1) is 12.7 Å². The van der Waals surface area contributed by atoms with Gasteiger partial charge in [0.1, 0.15) is 0 Å². The van der Waals surface area contributed by atoms with E-state index in [1.54, 1.807) is 12.1 Å². The van der Waals surface area contributed by atoms with Crippen LogP contribution in [0.1, 0.15) is 16.7 Å². The van der Waals surface area contributed by atoms with Crippen LogP contribution in [0.15, 0.2) is 36.4 Å². The van der Waals surface area contributed by atoms with Crippen LogP contribution >= 0.6 is 11.6 Å². The summed E-state index contributed by atoms with van der Waals surface area (Å²) in [5, 5.41) is 0.134. The SMILES string of the molecule is COc1ccc(Cc2ccc(C)cc2)c(Cl)c1F. The highest BCUT2D eigenvalue weighted by atomic mass is 35.5. The van der Waals surface area contributed by atoms with Gasteiger partial charge in [-0.25, -0.2) is 4.39 Å². The predicted molar refractivity (Wildman–Crippen MR) is 71.9 cm³/mol. The van der Waals surface area contributed by atoms with E-state index in [0.717, 1.165) is 11.1 Å². The minimum absolute atomic E-state index is 0.134. The number of benzene rings is 2. The minimum Gasteiger partial charge on any atom is -0.494 e. The molecule has 0 saturated heterocycles. The van der Waals surface area contributed by atoms with Crippen LogP contribution in [-0.2, 0) is 6.42 Å². The van der Waals surface area contributed by atoms with Gasteiger partial charge in [-0.1, -0.05) is 47.5 Å². The third kappa shape index (κ3) is 2.65. The van der Waals surface area contributed by atoms with Crippen molar-refractivity contribution in [2.45, 2.75) is 13.3 Å². The second-order valence-corrected chi connectivity index (χ2v) is 4.60. The van der Waals surface area contributed by atoms with E-state index in [0.29, 0.717) is 6.42 Å². The van der Waals surface area contributed by atoms with Gasteiger partial charge in [-0.2, -0.15) is 0 Å². The lowest BCUT2D eigenvalue weighted by Crippen LogP contribution is -1.95. The van der Waals surface area contributed by atoms with Crippen LogP contribution in [0.5, 0.6) is 5.75 Å². The molecule has 0 aliphatic heterocycles. The molecule has 0 heterocycles. The normalized spacial score (nSPS) is 10.4. The van der Waals surface area contributed by atoms with Crippen molar-refractivity contribution in [2.24, 2.45) is 0 Å². The molecule has 0 fully saturated rings. The largest absolute Gasteiger partial charge is 0.494 e. The molecule has 2 rings (SSSR count). The maximum atomic E-state index is 13.8. The van der Waals surface area contributed by atoms with Gasteiger partial charge in [0.05, 0.1) is 12.1 Å². The molecule has 94 valence electrons. The highest BCUT2D eigenvalue weighted by Gasteiger charge is 2.12. The first-order valence-corrected chi connectivity index (χ1v) is 6.06. The summed E-state index contributed by atoms with van der Waals surface area (Å²) in [6.07, 6.45) is 0.611. The van der Waals surface area contributed by atoms with E-state index in [9.17, 15) is 4.39 Å². The summed E-state index contributed by atoms with van der Waals surface area (Å²) in [6.45, 7) is 2.03. The molecule has 0 radical (unpaired) electrons. The van der Waals surface area contributed by atoms with E-state index in [1.807, 2.05) is 31.2 Å². The summed E-state index contributed by atoms with van der Waals surface area (Å²) in [4.78, 5) is 0. The number of hydrogen-bond acceptors (Lipinski definition) is 1. The summed E-state index contributed by atoms with van der Waals surface area (Å²) in [5.74, 6) is -0.323. The molecule has 0 amide bonds. The van der Waals surface area contributed by atoms with Crippen LogP contribution < -0.4 is 4.74 Å². The van der Waals surface area contributed by atoms with Crippen LogP contribution in [0.3, 0.4) is 0 Å².